The van der Waals surface area contributed by atoms with E-state index in [0.29, 0.717) is 0 Å². The average Bonchev–Trinajstić information content (AvgIpc) is 2.48. The minimum atomic E-state index is -1.36. The molecule has 0 spiro atoms. The molecule has 0 aliphatic heterocycles. The van der Waals surface area contributed by atoms with E-state index in [1.54, 1.807) is 0 Å². The third-order valence-corrected chi connectivity index (χ3v) is 1.81. The molecule has 0 atom stereocenters. The number of carboxylic acid groups (broad SMARTS) is 1. The third-order valence-electron chi connectivity index (χ3n) is 0.993. The highest BCUT2D eigenvalue weighted by Crippen LogP contribution is 2.06. The van der Waals surface area contributed by atoms with E-state index in [2.05, 4.69) is 10.9 Å². The average molecular weight is 195 g/mol. The summed E-state index contributed by atoms with van der Waals surface area (Å²) in [5.74, 6) is 2.18. The zero-order chi connectivity index (χ0) is 9.84. The quantitative estimate of drug-likeness (QED) is 0.542. The van der Waals surface area contributed by atoms with Crippen LogP contribution in [0.4, 0.5) is 0 Å². The van der Waals surface area contributed by atoms with Crippen LogP contribution in [0.25, 0.3) is 0 Å². The molecule has 0 unspecified atom stereocenters. The van der Waals surface area contributed by atoms with Gasteiger partial charge in [0.15, 0.2) is 0 Å². The Kier molecular flexibility index (Phi) is 2.62. The van der Waals surface area contributed by atoms with Gasteiger partial charge in [-0.2, -0.15) is 0 Å². The summed E-state index contributed by atoms with van der Waals surface area (Å²) < 4.78 is 0. The van der Waals surface area contributed by atoms with Gasteiger partial charge >= 0.3 is 0 Å². The van der Waals surface area contributed by atoms with Crippen LogP contribution in [0.5, 0.6) is 0 Å². The first kappa shape index (κ1) is 9.22. The number of primary amides is 1. The predicted octanol–water partition coefficient (Wildman–Crippen LogP) is -1.66. The molecule has 1 heterocycles. The summed E-state index contributed by atoms with van der Waals surface area (Å²) in [4.78, 5) is 24.0. The minimum absolute atomic E-state index is 0.172. The number of aromatic carboxylic acids is 1. The van der Waals surface area contributed by atoms with E-state index in [0.717, 1.165) is 11.3 Å². The molecule has 0 aromatic carbocycles. The lowest BCUT2D eigenvalue weighted by molar-refractivity contribution is -0.255. The summed E-state index contributed by atoms with van der Waals surface area (Å²) in [6.45, 7) is 0. The molecule has 0 radical (unpaired) electrons. The molecule has 1 aromatic heterocycles. The van der Waals surface area contributed by atoms with E-state index < -0.39 is 11.9 Å². The summed E-state index contributed by atoms with van der Waals surface area (Å²) in [5, 5.41) is 11.5. The number of hydrogen-bond acceptors (Lipinski definition) is 5. The van der Waals surface area contributed by atoms with Gasteiger partial charge in [0.2, 0.25) is 0 Å². The molecule has 0 saturated carbocycles. The summed E-state index contributed by atoms with van der Waals surface area (Å²) in [6.07, 6.45) is 0. The van der Waals surface area contributed by atoms with Gasteiger partial charge in [0.25, 0.3) is 5.91 Å². The summed E-state index contributed by atoms with van der Waals surface area (Å²) in [7, 11) is 0. The van der Waals surface area contributed by atoms with E-state index in [9.17, 15) is 14.7 Å². The van der Waals surface area contributed by atoms with Crippen molar-refractivity contribution in [3.63, 3.8) is 0 Å². The first-order chi connectivity index (χ1) is 6.09. The number of carbonyl (C=O) groups excluding carboxylic acids is 2. The van der Waals surface area contributed by atoms with Crippen LogP contribution in [0.2, 0.25) is 0 Å². The number of amides is 1. The molecule has 0 fully saturated rings. The molecular formula is C7H3N2O3S-. The molecule has 5 nitrogen and oxygen atoms in total. The molecule has 1 rings (SSSR count). The van der Waals surface area contributed by atoms with Gasteiger partial charge in [-0.15, -0.1) is 11.3 Å². The number of nitrogens with zero attached hydrogens (tertiary/aromatic N) is 1. The van der Waals surface area contributed by atoms with Gasteiger partial charge in [0, 0.05) is 11.3 Å². The maximum atomic E-state index is 10.2. The first-order valence-electron chi connectivity index (χ1n) is 3.08. The fourth-order valence-electron chi connectivity index (χ4n) is 0.551. The van der Waals surface area contributed by atoms with Crippen molar-refractivity contribution in [1.82, 2.24) is 4.98 Å². The lowest BCUT2D eigenvalue weighted by atomic mass is 10.4. The Morgan fingerprint density at radius 2 is 2.31 bits per heavy atom. The van der Waals surface area contributed by atoms with Gasteiger partial charge in [0.05, 0.1) is 0 Å². The van der Waals surface area contributed by atoms with E-state index in [-0.39, 0.29) is 10.7 Å². The van der Waals surface area contributed by atoms with E-state index in [1.807, 2.05) is 5.92 Å². The largest absolute Gasteiger partial charge is 0.542 e. The number of carboxylic acids is 1. The topological polar surface area (TPSA) is 96.1 Å². The second kappa shape index (κ2) is 3.69. The van der Waals surface area contributed by atoms with Gasteiger partial charge in [0.1, 0.15) is 16.7 Å². The van der Waals surface area contributed by atoms with E-state index in [4.69, 9.17) is 5.73 Å². The SMILES string of the molecule is NC(=O)C#Cc1csc(C(=O)[O-])n1. The molecule has 1 aromatic rings. The second-order valence-corrected chi connectivity index (χ2v) is 2.80. The van der Waals surface area contributed by atoms with Gasteiger partial charge < -0.3 is 15.6 Å². The number of aromatic nitrogens is 1. The van der Waals surface area contributed by atoms with Gasteiger partial charge in [-0.25, -0.2) is 4.98 Å². The molecule has 1 amide bonds. The molecule has 66 valence electrons. The monoisotopic (exact) mass is 195 g/mol. The Labute approximate surface area is 77.2 Å². The maximum absolute atomic E-state index is 10.2. The molecule has 0 saturated heterocycles. The van der Waals surface area contributed by atoms with Gasteiger partial charge in [-0.1, -0.05) is 0 Å². The lowest BCUT2D eigenvalue weighted by Crippen LogP contribution is -2.21. The highest BCUT2D eigenvalue weighted by molar-refractivity contribution is 7.11. The van der Waals surface area contributed by atoms with Crippen molar-refractivity contribution in [2.24, 2.45) is 5.73 Å². The molecule has 0 bridgehead atoms. The van der Waals surface area contributed by atoms with Crippen molar-refractivity contribution in [1.29, 1.82) is 0 Å². The number of hydrogen-bond donors (Lipinski definition) is 1. The second-order valence-electron chi connectivity index (χ2n) is 1.94. The van der Waals surface area contributed by atoms with Crippen LogP contribution in [-0.4, -0.2) is 16.9 Å². The van der Waals surface area contributed by atoms with Crippen LogP contribution in [0.1, 0.15) is 15.5 Å². The van der Waals surface area contributed by atoms with Crippen molar-refractivity contribution < 1.29 is 14.7 Å². The van der Waals surface area contributed by atoms with E-state index in [1.165, 1.54) is 5.38 Å². The first-order valence-corrected chi connectivity index (χ1v) is 3.96. The number of nitrogens with two attached hydrogens (primary N) is 1. The van der Waals surface area contributed by atoms with Gasteiger partial charge in [-0.05, 0) is 5.92 Å². The smallest absolute Gasteiger partial charge is 0.293 e. The Morgan fingerprint density at radius 1 is 1.62 bits per heavy atom. The maximum Gasteiger partial charge on any atom is 0.293 e. The molecular weight excluding hydrogens is 192 g/mol. The lowest BCUT2D eigenvalue weighted by Gasteiger charge is -1.90. The van der Waals surface area contributed by atoms with Crippen molar-refractivity contribution in [3.8, 4) is 11.8 Å². The zero-order valence-corrected chi connectivity index (χ0v) is 7.05. The highest BCUT2D eigenvalue weighted by Gasteiger charge is 1.99. The summed E-state index contributed by atoms with van der Waals surface area (Å²) >= 11 is 0.882. The molecule has 13 heavy (non-hydrogen) atoms. The van der Waals surface area contributed by atoms with Crippen molar-refractivity contribution >= 4 is 23.2 Å². The number of thiazole rings is 1. The highest BCUT2D eigenvalue weighted by atomic mass is 32.1. The molecule has 0 aliphatic carbocycles. The number of carbonyl (C=O) groups is 2. The predicted molar refractivity (Wildman–Crippen MR) is 42.5 cm³/mol. The normalized spacial score (nSPS) is 8.62. The Morgan fingerprint density at radius 3 is 2.77 bits per heavy atom. The van der Waals surface area contributed by atoms with Crippen LogP contribution in [-0.2, 0) is 4.79 Å². The standard InChI is InChI=1S/C7H4N2O3S/c8-5(10)2-1-4-3-13-6(9-4)7(11)12/h3H,(H2,8,10)(H,11,12)/p-1. The molecule has 0 aliphatic rings. The minimum Gasteiger partial charge on any atom is -0.542 e. The van der Waals surface area contributed by atoms with E-state index >= 15 is 0 Å². The summed E-state index contributed by atoms with van der Waals surface area (Å²) in [5.41, 5.74) is 4.94. The van der Waals surface area contributed by atoms with Gasteiger partial charge in [-0.3, -0.25) is 4.79 Å². The summed E-state index contributed by atoms with van der Waals surface area (Å²) in [6, 6.07) is 0. The molecule has 6 heteroatoms. The van der Waals surface area contributed by atoms with Crippen molar-refractivity contribution in [3.05, 3.63) is 16.1 Å². The number of rotatable bonds is 1. The Balaban J connectivity index is 2.89. The fourth-order valence-corrected chi connectivity index (χ4v) is 1.13. The molecule has 2 N–H and O–H groups in total. The third kappa shape index (κ3) is 2.57. The Hall–Kier alpha value is -1.87. The Bertz CT molecular complexity index is 413. The van der Waals surface area contributed by atoms with Crippen LogP contribution < -0.4 is 10.8 Å². The van der Waals surface area contributed by atoms with Crippen molar-refractivity contribution in [2.75, 3.05) is 0 Å². The van der Waals surface area contributed by atoms with Crippen molar-refractivity contribution in [2.45, 2.75) is 0 Å². The van der Waals surface area contributed by atoms with Crippen LogP contribution >= 0.6 is 11.3 Å². The van der Waals surface area contributed by atoms with Crippen LogP contribution in [0.15, 0.2) is 5.38 Å². The zero-order valence-electron chi connectivity index (χ0n) is 6.23. The fraction of sp³-hybridized carbons (Fsp3) is 0. The van der Waals surface area contributed by atoms with Crippen LogP contribution in [0.3, 0.4) is 0 Å². The van der Waals surface area contributed by atoms with Crippen LogP contribution in [0, 0.1) is 11.8 Å².